The number of rotatable bonds is 11. The van der Waals surface area contributed by atoms with Gasteiger partial charge in [-0.2, -0.15) is 0 Å². The van der Waals surface area contributed by atoms with Crippen LogP contribution in [0.2, 0.25) is 18.1 Å². The highest BCUT2D eigenvalue weighted by Crippen LogP contribution is 2.55. The molecule has 182 valence electrons. The van der Waals surface area contributed by atoms with E-state index in [0.717, 1.165) is 24.3 Å². The molecule has 1 aliphatic rings. The first-order valence-corrected chi connectivity index (χ1v) is 16.4. The highest BCUT2D eigenvalue weighted by molar-refractivity contribution is 6.85. The number of para-hydroxylation sites is 2. The number of fused-ring (bicyclic) bond motifs is 2. The number of ether oxygens (including phenoxy) is 1. The summed E-state index contributed by atoms with van der Waals surface area (Å²) in [5, 5.41) is 0.229. The third kappa shape index (κ3) is 5.67. The van der Waals surface area contributed by atoms with Crippen molar-refractivity contribution < 1.29 is 4.74 Å². The SMILES string of the molecule is CCCCCCc1cccc2c1Oc1c(CCCCCC)cccc1N2[Si](C)(C)C(C)(C)C. The maximum Gasteiger partial charge on any atom is 0.162 e. The molecule has 33 heavy (non-hydrogen) atoms. The van der Waals surface area contributed by atoms with Crippen molar-refractivity contribution in [2.75, 3.05) is 4.57 Å². The van der Waals surface area contributed by atoms with Crippen LogP contribution in [0.4, 0.5) is 11.4 Å². The topological polar surface area (TPSA) is 12.5 Å². The fourth-order valence-electron chi connectivity index (χ4n) is 4.78. The summed E-state index contributed by atoms with van der Waals surface area (Å²) in [6, 6.07) is 13.7. The number of nitrogens with zero attached hydrogens (tertiary/aromatic N) is 1. The minimum atomic E-state index is -1.89. The Labute approximate surface area is 204 Å². The zero-order valence-corrected chi connectivity index (χ0v) is 23.4. The van der Waals surface area contributed by atoms with Gasteiger partial charge in [0.05, 0.1) is 11.4 Å². The van der Waals surface area contributed by atoms with Crippen LogP contribution in [0.1, 0.15) is 97.1 Å². The van der Waals surface area contributed by atoms with Crippen LogP contribution in [0.5, 0.6) is 11.5 Å². The quantitative estimate of drug-likeness (QED) is 0.242. The lowest BCUT2D eigenvalue weighted by atomic mass is 10.0. The monoisotopic (exact) mass is 465 g/mol. The standard InChI is InChI=1S/C30H47NOSi/c1-8-10-12-14-18-24-20-16-22-26-28(24)32-29-25(19-15-13-11-9-2)21-17-23-27(29)31(26)33(6,7)30(3,4)5/h16-17,20-23H,8-15,18-19H2,1-7H3. The number of aryl methyl sites for hydroxylation is 2. The van der Waals surface area contributed by atoms with Gasteiger partial charge >= 0.3 is 0 Å². The van der Waals surface area contributed by atoms with Crippen LogP contribution in [-0.2, 0) is 12.8 Å². The maximum absolute atomic E-state index is 6.87. The molecule has 0 spiro atoms. The van der Waals surface area contributed by atoms with Crippen LogP contribution >= 0.6 is 0 Å². The fraction of sp³-hybridized carbons (Fsp3) is 0.600. The number of hydrogen-bond donors (Lipinski definition) is 0. The van der Waals surface area contributed by atoms with E-state index in [0.29, 0.717) is 0 Å². The molecular weight excluding hydrogens is 418 g/mol. The molecule has 0 amide bonds. The Kier molecular flexibility index (Phi) is 8.72. The molecule has 0 atom stereocenters. The minimum absolute atomic E-state index is 0.229. The van der Waals surface area contributed by atoms with E-state index in [2.05, 4.69) is 88.7 Å². The number of anilines is 2. The summed E-state index contributed by atoms with van der Waals surface area (Å²) in [7, 11) is -1.89. The van der Waals surface area contributed by atoms with Gasteiger partial charge in [0.15, 0.2) is 19.7 Å². The van der Waals surface area contributed by atoms with Gasteiger partial charge < -0.3 is 9.30 Å². The molecule has 1 aliphatic heterocycles. The zero-order chi connectivity index (χ0) is 24.1. The average Bonchev–Trinajstić information content (AvgIpc) is 2.77. The highest BCUT2D eigenvalue weighted by atomic mass is 28.3. The van der Waals surface area contributed by atoms with Crippen LogP contribution in [0.3, 0.4) is 0 Å². The Hall–Kier alpha value is -1.74. The van der Waals surface area contributed by atoms with Crippen LogP contribution < -0.4 is 9.30 Å². The first-order valence-electron chi connectivity index (χ1n) is 13.4. The number of unbranched alkanes of at least 4 members (excludes halogenated alkanes) is 6. The number of hydrogen-bond acceptors (Lipinski definition) is 2. The third-order valence-corrected chi connectivity index (χ3v) is 13.1. The molecule has 3 rings (SSSR count). The fourth-order valence-corrected chi connectivity index (χ4v) is 7.01. The van der Waals surface area contributed by atoms with Crippen molar-refractivity contribution in [3.8, 4) is 11.5 Å². The largest absolute Gasteiger partial charge is 0.452 e. The third-order valence-electron chi connectivity index (χ3n) is 7.83. The Morgan fingerprint density at radius 1 is 0.697 bits per heavy atom. The van der Waals surface area contributed by atoms with Crippen LogP contribution in [0, 0.1) is 0 Å². The summed E-state index contributed by atoms with van der Waals surface area (Å²) in [5.74, 6) is 2.24. The van der Waals surface area contributed by atoms with Crippen LogP contribution in [0.15, 0.2) is 36.4 Å². The van der Waals surface area contributed by atoms with Gasteiger partial charge in [0.25, 0.3) is 0 Å². The smallest absolute Gasteiger partial charge is 0.162 e. The van der Waals surface area contributed by atoms with Gasteiger partial charge in [-0.15, -0.1) is 0 Å². The molecule has 2 nitrogen and oxygen atoms in total. The van der Waals surface area contributed by atoms with Gasteiger partial charge in [-0.1, -0.05) is 111 Å². The van der Waals surface area contributed by atoms with E-state index >= 15 is 0 Å². The zero-order valence-electron chi connectivity index (χ0n) is 22.4. The summed E-state index contributed by atoms with van der Waals surface area (Å²) in [6.07, 6.45) is 12.4. The van der Waals surface area contributed by atoms with Crippen molar-refractivity contribution in [3.63, 3.8) is 0 Å². The minimum Gasteiger partial charge on any atom is -0.452 e. The molecule has 2 aromatic carbocycles. The second-order valence-corrected chi connectivity index (χ2v) is 16.5. The lowest BCUT2D eigenvalue weighted by Gasteiger charge is -2.49. The molecule has 0 aliphatic carbocycles. The average molecular weight is 466 g/mol. The van der Waals surface area contributed by atoms with Gasteiger partial charge in [-0.05, 0) is 54.0 Å². The molecule has 0 radical (unpaired) electrons. The van der Waals surface area contributed by atoms with E-state index in [-0.39, 0.29) is 5.04 Å². The molecule has 0 N–H and O–H groups in total. The lowest BCUT2D eigenvalue weighted by Crippen LogP contribution is -2.53. The Morgan fingerprint density at radius 3 is 1.55 bits per heavy atom. The molecule has 0 saturated heterocycles. The Bertz CT molecular complexity index is 850. The molecule has 0 aromatic heterocycles. The first-order chi connectivity index (χ1) is 15.7. The van der Waals surface area contributed by atoms with Crippen LogP contribution in [0.25, 0.3) is 0 Å². The lowest BCUT2D eigenvalue weighted by molar-refractivity contribution is 0.461. The van der Waals surface area contributed by atoms with E-state index in [1.54, 1.807) is 0 Å². The predicted octanol–water partition coefficient (Wildman–Crippen LogP) is 10.2. The van der Waals surface area contributed by atoms with Gasteiger partial charge in [0.2, 0.25) is 0 Å². The second-order valence-electron chi connectivity index (χ2n) is 11.4. The van der Waals surface area contributed by atoms with Gasteiger partial charge in [0.1, 0.15) is 0 Å². The summed E-state index contributed by atoms with van der Waals surface area (Å²) in [5.41, 5.74) is 5.31. The molecule has 3 heteroatoms. The highest BCUT2D eigenvalue weighted by Gasteiger charge is 2.45. The molecule has 0 unspecified atom stereocenters. The van der Waals surface area contributed by atoms with Crippen molar-refractivity contribution in [1.29, 1.82) is 0 Å². The van der Waals surface area contributed by atoms with E-state index in [1.165, 1.54) is 73.9 Å². The van der Waals surface area contributed by atoms with Crippen LogP contribution in [-0.4, -0.2) is 8.24 Å². The van der Waals surface area contributed by atoms with Crippen molar-refractivity contribution in [2.24, 2.45) is 0 Å². The molecule has 2 aromatic rings. The van der Waals surface area contributed by atoms with E-state index < -0.39 is 8.24 Å². The summed E-state index contributed by atoms with van der Waals surface area (Å²) >= 11 is 0. The van der Waals surface area contributed by atoms with Gasteiger partial charge in [-0.25, -0.2) is 0 Å². The molecule has 1 heterocycles. The van der Waals surface area contributed by atoms with E-state index in [9.17, 15) is 0 Å². The summed E-state index contributed by atoms with van der Waals surface area (Å²) in [4.78, 5) is 0. The molecule has 0 saturated carbocycles. The van der Waals surface area contributed by atoms with Gasteiger partial charge in [0, 0.05) is 0 Å². The van der Waals surface area contributed by atoms with Gasteiger partial charge in [-0.3, -0.25) is 0 Å². The number of benzene rings is 2. The maximum atomic E-state index is 6.87. The predicted molar refractivity (Wildman–Crippen MR) is 148 cm³/mol. The van der Waals surface area contributed by atoms with E-state index in [4.69, 9.17) is 4.74 Å². The molecular formula is C30H47NOSi. The summed E-state index contributed by atoms with van der Waals surface area (Å²) in [6.45, 7) is 16.8. The van der Waals surface area contributed by atoms with Crippen molar-refractivity contribution in [1.82, 2.24) is 0 Å². The van der Waals surface area contributed by atoms with Crippen molar-refractivity contribution in [2.45, 2.75) is 117 Å². The first kappa shape index (κ1) is 25.9. The normalized spacial score (nSPS) is 13.5. The Balaban J connectivity index is 2.06. The van der Waals surface area contributed by atoms with Crippen molar-refractivity contribution >= 4 is 19.6 Å². The second kappa shape index (κ2) is 11.1. The summed E-state index contributed by atoms with van der Waals surface area (Å²) < 4.78 is 9.59. The van der Waals surface area contributed by atoms with Crippen molar-refractivity contribution in [3.05, 3.63) is 47.5 Å². The Morgan fingerprint density at radius 2 is 1.15 bits per heavy atom. The molecule has 0 fully saturated rings. The van der Waals surface area contributed by atoms with E-state index in [1.807, 2.05) is 0 Å². The molecule has 0 bridgehead atoms.